The van der Waals surface area contributed by atoms with Crippen molar-refractivity contribution in [3.63, 3.8) is 0 Å². The van der Waals surface area contributed by atoms with Crippen LogP contribution in [-0.4, -0.2) is 193 Å². The Hall–Kier alpha value is -1.73. The smallest absolute Gasteiger partial charge is 0.220 e. The van der Waals surface area contributed by atoms with Crippen LogP contribution < -0.4 is 5.32 Å². The van der Waals surface area contributed by atoms with Crippen molar-refractivity contribution >= 4 is 5.91 Å². The van der Waals surface area contributed by atoms with Gasteiger partial charge in [0.25, 0.3) is 0 Å². The van der Waals surface area contributed by atoms with E-state index in [-0.39, 0.29) is 18.9 Å². The van der Waals surface area contributed by atoms with Gasteiger partial charge in [0.15, 0.2) is 18.9 Å². The molecule has 12 N–H and O–H groups in total. The van der Waals surface area contributed by atoms with Crippen LogP contribution in [0.3, 0.4) is 0 Å². The summed E-state index contributed by atoms with van der Waals surface area (Å²) in [6.07, 6.45) is -0.583. The van der Waals surface area contributed by atoms with Gasteiger partial charge in [-0.05, 0) is 44.9 Å². The third-order valence-corrected chi connectivity index (χ3v) is 12.2. The number of ether oxygens (including phenoxy) is 6. The Bertz CT molecular complexity index is 1310. The first-order valence-electron chi connectivity index (χ1n) is 24.1. The first kappa shape index (κ1) is 57.6. The van der Waals surface area contributed by atoms with Crippen LogP contribution in [0, 0.1) is 0 Å². The van der Waals surface area contributed by atoms with E-state index in [4.69, 9.17) is 28.4 Å². The van der Waals surface area contributed by atoms with Crippen molar-refractivity contribution in [2.75, 3.05) is 26.4 Å². The SMILES string of the molecule is CCCCCC/C=C\CCCCCCCC(=O)NC(COC1OC(CO)C(OC2OC(CO)C(OC3OC(CO)C(O)C(O)C3O)C(O)C2O)C(O)C1O)C(O)/C=C/CCCCCCC. The molecular weight excluding hydrogens is 854 g/mol. The number of aliphatic hydroxyl groups is 11. The molecule has 3 aliphatic rings. The van der Waals surface area contributed by atoms with Crippen LogP contribution in [0.25, 0.3) is 0 Å². The van der Waals surface area contributed by atoms with Crippen LogP contribution in [0.2, 0.25) is 0 Å². The van der Waals surface area contributed by atoms with E-state index in [9.17, 15) is 61.0 Å². The fraction of sp³-hybridized carbons (Fsp3) is 0.891. The Balaban J connectivity index is 1.57. The molecule has 0 aliphatic carbocycles. The van der Waals surface area contributed by atoms with Crippen LogP contribution >= 0.6 is 0 Å². The average molecular weight is 938 g/mol. The van der Waals surface area contributed by atoms with Crippen molar-refractivity contribution in [3.05, 3.63) is 24.3 Å². The lowest BCUT2D eigenvalue weighted by molar-refractivity contribution is -0.379. The molecule has 0 radical (unpaired) electrons. The molecule has 1 amide bonds. The monoisotopic (exact) mass is 938 g/mol. The van der Waals surface area contributed by atoms with Crippen molar-refractivity contribution in [2.24, 2.45) is 0 Å². The molecule has 0 saturated carbocycles. The van der Waals surface area contributed by atoms with Crippen LogP contribution in [0.5, 0.6) is 0 Å². The molecule has 0 aromatic carbocycles. The Kier molecular flexibility index (Phi) is 28.5. The molecule has 3 fully saturated rings. The summed E-state index contributed by atoms with van der Waals surface area (Å²) in [6, 6.07) is -0.970. The molecule has 0 aromatic heterocycles. The number of allylic oxidation sites excluding steroid dienone is 3. The number of rotatable bonds is 32. The van der Waals surface area contributed by atoms with Crippen molar-refractivity contribution in [2.45, 2.75) is 234 Å². The largest absolute Gasteiger partial charge is 0.394 e. The van der Waals surface area contributed by atoms with Gasteiger partial charge in [0.05, 0.1) is 38.6 Å². The predicted molar refractivity (Wildman–Crippen MR) is 236 cm³/mol. The van der Waals surface area contributed by atoms with Crippen LogP contribution in [-0.2, 0) is 33.2 Å². The Morgan fingerprint density at radius 2 is 0.969 bits per heavy atom. The minimum Gasteiger partial charge on any atom is -0.394 e. The molecule has 0 spiro atoms. The molecule has 65 heavy (non-hydrogen) atoms. The molecule has 0 aromatic rings. The zero-order valence-corrected chi connectivity index (χ0v) is 38.5. The fourth-order valence-corrected chi connectivity index (χ4v) is 8.12. The number of carbonyl (C=O) groups excluding carboxylic acids is 1. The molecule has 19 heteroatoms. The van der Waals surface area contributed by atoms with E-state index < -0.39 is 124 Å². The van der Waals surface area contributed by atoms with E-state index in [1.54, 1.807) is 6.08 Å². The summed E-state index contributed by atoms with van der Waals surface area (Å²) < 4.78 is 34.0. The zero-order chi connectivity index (χ0) is 47.7. The highest BCUT2D eigenvalue weighted by molar-refractivity contribution is 5.76. The van der Waals surface area contributed by atoms with Gasteiger partial charge in [-0.1, -0.05) is 102 Å². The summed E-state index contributed by atoms with van der Waals surface area (Å²) >= 11 is 0. The van der Waals surface area contributed by atoms with Gasteiger partial charge in [0.2, 0.25) is 5.91 Å². The number of hydrogen-bond acceptors (Lipinski definition) is 18. The highest BCUT2D eigenvalue weighted by Gasteiger charge is 2.53. The minimum absolute atomic E-state index is 0.233. The van der Waals surface area contributed by atoms with Gasteiger partial charge in [-0.2, -0.15) is 0 Å². The molecule has 19 nitrogen and oxygen atoms in total. The Morgan fingerprint density at radius 1 is 0.538 bits per heavy atom. The van der Waals surface area contributed by atoms with Gasteiger partial charge in [0, 0.05) is 6.42 Å². The van der Waals surface area contributed by atoms with E-state index in [1.165, 1.54) is 25.7 Å². The maximum atomic E-state index is 13.1. The molecule has 17 atom stereocenters. The van der Waals surface area contributed by atoms with E-state index in [0.717, 1.165) is 77.0 Å². The maximum absolute atomic E-state index is 13.1. The van der Waals surface area contributed by atoms with Crippen molar-refractivity contribution in [1.82, 2.24) is 5.32 Å². The van der Waals surface area contributed by atoms with Gasteiger partial charge in [-0.25, -0.2) is 0 Å². The summed E-state index contributed by atoms with van der Waals surface area (Å²) in [5.41, 5.74) is 0. The second-order valence-corrected chi connectivity index (χ2v) is 17.6. The second kappa shape index (κ2) is 32.2. The van der Waals surface area contributed by atoms with Crippen molar-refractivity contribution in [3.8, 4) is 0 Å². The molecule has 3 saturated heterocycles. The topological polar surface area (TPSA) is 307 Å². The number of hydrogen-bond donors (Lipinski definition) is 12. The highest BCUT2D eigenvalue weighted by atomic mass is 16.8. The number of amides is 1. The molecule has 3 heterocycles. The van der Waals surface area contributed by atoms with Crippen LogP contribution in [0.1, 0.15) is 129 Å². The van der Waals surface area contributed by atoms with Gasteiger partial charge >= 0.3 is 0 Å². The zero-order valence-electron chi connectivity index (χ0n) is 38.5. The standard InChI is InChI=1S/C46H83NO18/c1-3-5-7-9-11-12-13-14-15-16-18-20-22-24-34(52)47-29(30(51)23-21-19-17-10-8-6-4-2)28-60-44-40(58)37(55)42(32(26-49)62-44)65-46-41(59)38(56)43(33(27-50)63-46)64-45-39(57)36(54)35(53)31(25-48)61-45/h12-13,21,23,29-33,35-46,48-51,53-59H,3-11,14-20,22,24-28H2,1-2H3,(H,47,52)/b13-12-,23-21+. The lowest BCUT2D eigenvalue weighted by Crippen LogP contribution is -2.66. The Morgan fingerprint density at radius 3 is 1.51 bits per heavy atom. The molecule has 0 bridgehead atoms. The number of unbranched alkanes of at least 4 members (excludes halogenated alkanes) is 14. The lowest BCUT2D eigenvalue weighted by atomic mass is 9.96. The van der Waals surface area contributed by atoms with Crippen LogP contribution in [0.4, 0.5) is 0 Å². The lowest BCUT2D eigenvalue weighted by Gasteiger charge is -2.48. The normalized spacial score (nSPS) is 34.3. The number of carbonyl (C=O) groups is 1. The summed E-state index contributed by atoms with van der Waals surface area (Å²) in [5, 5.41) is 119. The highest BCUT2D eigenvalue weighted by Crippen LogP contribution is 2.33. The first-order valence-corrected chi connectivity index (χ1v) is 24.1. The average Bonchev–Trinajstić information content (AvgIpc) is 3.30. The molecule has 3 rings (SSSR count). The van der Waals surface area contributed by atoms with Gasteiger partial charge < -0.3 is 89.9 Å². The molecule has 17 unspecified atom stereocenters. The minimum atomic E-state index is -1.97. The quantitative estimate of drug-likeness (QED) is 0.0322. The second-order valence-electron chi connectivity index (χ2n) is 17.6. The van der Waals surface area contributed by atoms with E-state index in [1.807, 2.05) is 6.08 Å². The first-order chi connectivity index (χ1) is 31.3. The molecule has 3 aliphatic heterocycles. The summed E-state index contributed by atoms with van der Waals surface area (Å²) in [4.78, 5) is 13.1. The fourth-order valence-electron chi connectivity index (χ4n) is 8.12. The van der Waals surface area contributed by atoms with Crippen molar-refractivity contribution < 1.29 is 89.4 Å². The predicted octanol–water partition coefficient (Wildman–Crippen LogP) is 0.471. The molecular formula is C46H83NO18. The number of nitrogens with one attached hydrogen (secondary N) is 1. The van der Waals surface area contributed by atoms with E-state index in [0.29, 0.717) is 6.42 Å². The Labute approximate surface area is 384 Å². The van der Waals surface area contributed by atoms with Gasteiger partial charge in [0.1, 0.15) is 73.2 Å². The van der Waals surface area contributed by atoms with Gasteiger partial charge in [-0.15, -0.1) is 0 Å². The van der Waals surface area contributed by atoms with E-state index >= 15 is 0 Å². The summed E-state index contributed by atoms with van der Waals surface area (Å²) in [7, 11) is 0. The summed E-state index contributed by atoms with van der Waals surface area (Å²) in [6.45, 7) is 1.57. The van der Waals surface area contributed by atoms with Gasteiger partial charge in [-0.3, -0.25) is 4.79 Å². The summed E-state index contributed by atoms with van der Waals surface area (Å²) in [5.74, 6) is -0.293. The van der Waals surface area contributed by atoms with E-state index in [2.05, 4.69) is 31.3 Å². The maximum Gasteiger partial charge on any atom is 0.220 e. The van der Waals surface area contributed by atoms with Crippen molar-refractivity contribution in [1.29, 1.82) is 0 Å². The number of aliphatic hydroxyl groups excluding tert-OH is 11. The third-order valence-electron chi connectivity index (χ3n) is 12.2. The molecule has 380 valence electrons. The third kappa shape index (κ3) is 18.9. The van der Waals surface area contributed by atoms with Crippen LogP contribution in [0.15, 0.2) is 24.3 Å².